The zero-order chi connectivity index (χ0) is 15.4. The normalized spacial score (nSPS) is 15.8. The second-order valence-electron chi connectivity index (χ2n) is 5.13. The van der Waals surface area contributed by atoms with E-state index < -0.39 is 5.97 Å². The molecule has 1 amide bonds. The molecule has 2 rings (SSSR count). The fourth-order valence-electron chi connectivity index (χ4n) is 2.46. The summed E-state index contributed by atoms with van der Waals surface area (Å²) in [6.07, 6.45) is 1.34. The Balaban J connectivity index is 1.98. The minimum Gasteiger partial charge on any atom is -0.497 e. The zero-order valence-electron chi connectivity index (χ0n) is 11.8. The van der Waals surface area contributed by atoms with Crippen LogP contribution in [0.15, 0.2) is 22.7 Å². The van der Waals surface area contributed by atoms with E-state index in [9.17, 15) is 9.59 Å². The average Bonchev–Trinajstić information content (AvgIpc) is 2.49. The van der Waals surface area contributed by atoms with Crippen molar-refractivity contribution in [3.8, 4) is 5.75 Å². The number of carboxylic acid groups (broad SMARTS) is 1. The van der Waals surface area contributed by atoms with Crippen LogP contribution in [0.2, 0.25) is 0 Å². The number of ether oxygens (including phenoxy) is 1. The van der Waals surface area contributed by atoms with Crippen molar-refractivity contribution in [2.75, 3.05) is 20.2 Å². The number of hydrogen-bond donors (Lipinski definition) is 1. The van der Waals surface area contributed by atoms with Crippen molar-refractivity contribution in [1.82, 2.24) is 4.90 Å². The van der Waals surface area contributed by atoms with Gasteiger partial charge in [0.15, 0.2) is 0 Å². The molecule has 0 saturated carbocycles. The fraction of sp³-hybridized carbons (Fsp3) is 0.467. The van der Waals surface area contributed by atoms with Crippen LogP contribution in [0.25, 0.3) is 0 Å². The first-order chi connectivity index (χ1) is 10.0. The van der Waals surface area contributed by atoms with Gasteiger partial charge >= 0.3 is 5.97 Å². The highest BCUT2D eigenvalue weighted by molar-refractivity contribution is 9.10. The van der Waals surface area contributed by atoms with Gasteiger partial charge in [-0.3, -0.25) is 9.59 Å². The topological polar surface area (TPSA) is 66.8 Å². The van der Waals surface area contributed by atoms with Crippen LogP contribution in [0.4, 0.5) is 0 Å². The molecule has 1 saturated heterocycles. The number of carbonyl (C=O) groups is 2. The number of nitrogens with zero attached hydrogens (tertiary/aromatic N) is 1. The second kappa shape index (κ2) is 6.93. The highest BCUT2D eigenvalue weighted by Crippen LogP contribution is 2.24. The van der Waals surface area contributed by atoms with E-state index in [0.717, 1.165) is 10.0 Å². The van der Waals surface area contributed by atoms with Crippen molar-refractivity contribution in [3.63, 3.8) is 0 Å². The van der Waals surface area contributed by atoms with Gasteiger partial charge in [0, 0.05) is 17.6 Å². The number of amides is 1. The quantitative estimate of drug-likeness (QED) is 0.899. The molecular formula is C15H18BrNO4. The number of hydrogen-bond acceptors (Lipinski definition) is 3. The number of likely N-dealkylation sites (tertiary alicyclic amines) is 1. The molecule has 0 spiro atoms. The summed E-state index contributed by atoms with van der Waals surface area (Å²) in [7, 11) is 1.59. The first-order valence-electron chi connectivity index (χ1n) is 6.84. The lowest BCUT2D eigenvalue weighted by atomic mass is 9.96. The van der Waals surface area contributed by atoms with Crippen LogP contribution in [0.3, 0.4) is 0 Å². The van der Waals surface area contributed by atoms with Gasteiger partial charge in [0.05, 0.1) is 19.4 Å². The zero-order valence-corrected chi connectivity index (χ0v) is 13.4. The number of piperidine rings is 1. The van der Waals surface area contributed by atoms with Gasteiger partial charge < -0.3 is 14.7 Å². The predicted molar refractivity (Wildman–Crippen MR) is 81.3 cm³/mol. The van der Waals surface area contributed by atoms with Gasteiger partial charge in [-0.1, -0.05) is 15.9 Å². The lowest BCUT2D eigenvalue weighted by Crippen LogP contribution is -2.41. The van der Waals surface area contributed by atoms with Gasteiger partial charge in [0.25, 0.3) is 0 Å². The lowest BCUT2D eigenvalue weighted by molar-refractivity contribution is -0.145. The Labute approximate surface area is 132 Å². The number of methoxy groups -OCH3 is 1. The molecule has 0 unspecified atom stereocenters. The number of halogens is 1. The van der Waals surface area contributed by atoms with E-state index in [0.29, 0.717) is 31.7 Å². The summed E-state index contributed by atoms with van der Waals surface area (Å²) < 4.78 is 6.04. The van der Waals surface area contributed by atoms with Crippen molar-refractivity contribution < 1.29 is 19.4 Å². The Morgan fingerprint density at radius 3 is 2.62 bits per heavy atom. The summed E-state index contributed by atoms with van der Waals surface area (Å²) in [5.74, 6) is -0.353. The molecular weight excluding hydrogens is 338 g/mol. The van der Waals surface area contributed by atoms with E-state index in [1.54, 1.807) is 12.0 Å². The molecule has 0 atom stereocenters. The maximum Gasteiger partial charge on any atom is 0.306 e. The fourth-order valence-corrected chi connectivity index (χ4v) is 2.85. The molecule has 21 heavy (non-hydrogen) atoms. The molecule has 1 fully saturated rings. The van der Waals surface area contributed by atoms with Crippen molar-refractivity contribution in [2.24, 2.45) is 5.92 Å². The first kappa shape index (κ1) is 15.8. The molecule has 0 radical (unpaired) electrons. The van der Waals surface area contributed by atoms with Crippen LogP contribution >= 0.6 is 15.9 Å². The van der Waals surface area contributed by atoms with Gasteiger partial charge in [-0.2, -0.15) is 0 Å². The number of carboxylic acids is 1. The van der Waals surface area contributed by atoms with Crippen LogP contribution in [0.1, 0.15) is 18.4 Å². The van der Waals surface area contributed by atoms with Crippen molar-refractivity contribution >= 4 is 27.8 Å². The molecule has 1 N–H and O–H groups in total. The monoisotopic (exact) mass is 355 g/mol. The van der Waals surface area contributed by atoms with Gasteiger partial charge in [-0.25, -0.2) is 0 Å². The number of rotatable bonds is 4. The molecule has 0 bridgehead atoms. The first-order valence-corrected chi connectivity index (χ1v) is 7.63. The van der Waals surface area contributed by atoms with Crippen LogP contribution in [0.5, 0.6) is 5.75 Å². The van der Waals surface area contributed by atoms with Crippen molar-refractivity contribution in [2.45, 2.75) is 19.3 Å². The molecule has 1 aromatic carbocycles. The predicted octanol–water partition coefficient (Wildman–Crippen LogP) is 2.32. The Kier molecular flexibility index (Phi) is 5.22. The molecule has 5 nitrogen and oxygen atoms in total. The van der Waals surface area contributed by atoms with Crippen molar-refractivity contribution in [1.29, 1.82) is 0 Å². The Hall–Kier alpha value is -1.56. The van der Waals surface area contributed by atoms with Gasteiger partial charge in [0.1, 0.15) is 5.75 Å². The Bertz CT molecular complexity index is 538. The van der Waals surface area contributed by atoms with E-state index in [-0.39, 0.29) is 18.2 Å². The summed E-state index contributed by atoms with van der Waals surface area (Å²) in [5, 5.41) is 8.97. The Morgan fingerprint density at radius 1 is 1.38 bits per heavy atom. The van der Waals surface area contributed by atoms with E-state index in [1.165, 1.54) is 0 Å². The van der Waals surface area contributed by atoms with Crippen LogP contribution in [-0.4, -0.2) is 42.1 Å². The third-order valence-corrected chi connectivity index (χ3v) is 4.57. The molecule has 6 heteroatoms. The van der Waals surface area contributed by atoms with E-state index in [4.69, 9.17) is 9.84 Å². The third kappa shape index (κ3) is 3.97. The third-order valence-electron chi connectivity index (χ3n) is 3.79. The largest absolute Gasteiger partial charge is 0.497 e. The van der Waals surface area contributed by atoms with Gasteiger partial charge in [-0.05, 0) is 36.6 Å². The van der Waals surface area contributed by atoms with Crippen molar-refractivity contribution in [3.05, 3.63) is 28.2 Å². The summed E-state index contributed by atoms with van der Waals surface area (Å²) in [6, 6.07) is 5.53. The summed E-state index contributed by atoms with van der Waals surface area (Å²) in [6.45, 7) is 1.02. The number of benzene rings is 1. The van der Waals surface area contributed by atoms with Crippen LogP contribution < -0.4 is 4.74 Å². The van der Waals surface area contributed by atoms with Gasteiger partial charge in [-0.15, -0.1) is 0 Å². The summed E-state index contributed by atoms with van der Waals surface area (Å²) in [5.41, 5.74) is 0.875. The van der Waals surface area contributed by atoms with E-state index >= 15 is 0 Å². The van der Waals surface area contributed by atoms with Gasteiger partial charge in [0.2, 0.25) is 5.91 Å². The minimum atomic E-state index is -0.766. The maximum absolute atomic E-state index is 12.3. The smallest absolute Gasteiger partial charge is 0.306 e. The van der Waals surface area contributed by atoms with E-state index in [2.05, 4.69) is 15.9 Å². The summed E-state index contributed by atoms with van der Waals surface area (Å²) >= 11 is 3.44. The van der Waals surface area contributed by atoms with Crippen LogP contribution in [-0.2, 0) is 16.0 Å². The minimum absolute atomic E-state index is 0.0211. The van der Waals surface area contributed by atoms with E-state index in [1.807, 2.05) is 18.2 Å². The highest BCUT2D eigenvalue weighted by atomic mass is 79.9. The second-order valence-corrected chi connectivity index (χ2v) is 5.98. The molecule has 1 aliphatic heterocycles. The molecule has 114 valence electrons. The number of aliphatic carboxylic acids is 1. The standard InChI is InChI=1S/C15H18BrNO4/c1-21-12-2-3-13(16)11(8-12)9-14(18)17-6-4-10(5-7-17)15(19)20/h2-3,8,10H,4-7,9H2,1H3,(H,19,20). The Morgan fingerprint density at radius 2 is 2.05 bits per heavy atom. The summed E-state index contributed by atoms with van der Waals surface area (Å²) in [4.78, 5) is 25.0. The molecule has 1 aromatic rings. The lowest BCUT2D eigenvalue weighted by Gasteiger charge is -2.30. The SMILES string of the molecule is COc1ccc(Br)c(CC(=O)N2CCC(C(=O)O)CC2)c1. The molecule has 1 aliphatic rings. The van der Waals surface area contributed by atoms with Crippen LogP contribution in [0, 0.1) is 5.92 Å². The maximum atomic E-state index is 12.3. The number of carbonyl (C=O) groups excluding carboxylic acids is 1. The highest BCUT2D eigenvalue weighted by Gasteiger charge is 2.27. The average molecular weight is 356 g/mol. The molecule has 0 aromatic heterocycles. The molecule has 1 heterocycles. The molecule has 0 aliphatic carbocycles.